The Labute approximate surface area is 225 Å². The van der Waals surface area contributed by atoms with Crippen LogP contribution in [0, 0.1) is 20.8 Å². The predicted molar refractivity (Wildman–Crippen MR) is 139 cm³/mol. The van der Waals surface area contributed by atoms with Crippen molar-refractivity contribution in [2.75, 3.05) is 20.6 Å². The molecule has 0 bridgehead atoms. The summed E-state index contributed by atoms with van der Waals surface area (Å²) in [6.45, 7) is 8.78. The third kappa shape index (κ3) is 11.2. The fourth-order valence-corrected chi connectivity index (χ4v) is 3.36. The van der Waals surface area contributed by atoms with Gasteiger partial charge < -0.3 is 30.2 Å². The fourth-order valence-electron chi connectivity index (χ4n) is 3.36. The average Bonchev–Trinajstić information content (AvgIpc) is 3.47. The van der Waals surface area contributed by atoms with Crippen LogP contribution in [-0.4, -0.2) is 79.6 Å². The summed E-state index contributed by atoms with van der Waals surface area (Å²) in [5.41, 5.74) is 6.14. The van der Waals surface area contributed by atoms with Crippen LogP contribution in [0.3, 0.4) is 0 Å². The number of hydrogen-bond donors (Lipinski definition) is 5. The molecule has 0 aliphatic heterocycles. The number of rotatable bonds is 8. The molecule has 1 atom stereocenters. The first-order valence-corrected chi connectivity index (χ1v) is 11.7. The van der Waals surface area contributed by atoms with Crippen molar-refractivity contribution >= 4 is 23.9 Å². The highest BCUT2D eigenvalue weighted by Crippen LogP contribution is 2.19. The normalized spacial score (nSPS) is 11.0. The van der Waals surface area contributed by atoms with E-state index in [2.05, 4.69) is 74.0 Å². The Hall–Kier alpha value is -4.49. The number of aryl methyl sites for hydroxylation is 2. The van der Waals surface area contributed by atoms with Gasteiger partial charge in [0.2, 0.25) is 0 Å². The predicted octanol–water partition coefficient (Wildman–Crippen LogP) is 2.15. The number of likely N-dealkylation sites (N-methyl/N-ethyl adjacent to an activating group) is 1. The van der Waals surface area contributed by atoms with E-state index in [1.54, 1.807) is 6.26 Å². The minimum Gasteiger partial charge on any atom is -0.473 e. The molecule has 2 aromatic heterocycles. The maximum atomic E-state index is 9.10. The Morgan fingerprint density at radius 2 is 1.46 bits per heavy atom. The summed E-state index contributed by atoms with van der Waals surface area (Å²) < 4.78 is 7.69. The summed E-state index contributed by atoms with van der Waals surface area (Å²) >= 11 is 0. The highest BCUT2D eigenvalue weighted by molar-refractivity contribution is 6.27. The Balaban J connectivity index is 0.000000530. The molecule has 13 nitrogen and oxygen atoms in total. The monoisotopic (exact) mass is 546 g/mol. The lowest BCUT2D eigenvalue weighted by molar-refractivity contribution is -0.159. The molecule has 0 saturated carbocycles. The van der Waals surface area contributed by atoms with Crippen molar-refractivity contribution in [2.45, 2.75) is 39.9 Å². The highest BCUT2D eigenvalue weighted by atomic mass is 16.4. The van der Waals surface area contributed by atoms with E-state index in [0.717, 1.165) is 31.1 Å². The summed E-state index contributed by atoms with van der Waals surface area (Å²) in [7, 11) is 4.15. The van der Waals surface area contributed by atoms with E-state index in [1.165, 1.54) is 22.4 Å². The van der Waals surface area contributed by atoms with Crippen LogP contribution in [0.15, 0.2) is 47.1 Å². The molecule has 0 saturated heterocycles. The SMILES string of the molecule is Cc1ccc(Cn2nc(C)c(CNCC(c3ccco3)N(C)C)c2C)cc1.O=C(O)C(=O)O.O=C(O)C(=O)O. The van der Waals surface area contributed by atoms with Gasteiger partial charge in [0.25, 0.3) is 0 Å². The molecule has 39 heavy (non-hydrogen) atoms. The molecular formula is C26H34N4O9. The first-order valence-electron chi connectivity index (χ1n) is 11.7. The lowest BCUT2D eigenvalue weighted by atomic mass is 10.1. The number of carbonyl (C=O) groups is 4. The van der Waals surface area contributed by atoms with Gasteiger partial charge in [-0.1, -0.05) is 29.8 Å². The molecule has 5 N–H and O–H groups in total. The van der Waals surface area contributed by atoms with E-state index in [9.17, 15) is 0 Å². The van der Waals surface area contributed by atoms with E-state index >= 15 is 0 Å². The fraction of sp³-hybridized carbons (Fsp3) is 0.346. The molecular weight excluding hydrogens is 512 g/mol. The van der Waals surface area contributed by atoms with Crippen molar-refractivity contribution < 1.29 is 44.0 Å². The Morgan fingerprint density at radius 3 is 1.90 bits per heavy atom. The van der Waals surface area contributed by atoms with E-state index in [-0.39, 0.29) is 6.04 Å². The van der Waals surface area contributed by atoms with Crippen LogP contribution < -0.4 is 5.32 Å². The Kier molecular flexibility index (Phi) is 13.1. The maximum Gasteiger partial charge on any atom is 0.414 e. The molecule has 2 heterocycles. The van der Waals surface area contributed by atoms with Crippen LogP contribution in [-0.2, 0) is 32.3 Å². The van der Waals surface area contributed by atoms with Gasteiger partial charge in [-0.05, 0) is 52.6 Å². The van der Waals surface area contributed by atoms with Gasteiger partial charge in [-0.15, -0.1) is 0 Å². The van der Waals surface area contributed by atoms with E-state index < -0.39 is 23.9 Å². The second-order valence-corrected chi connectivity index (χ2v) is 8.64. The molecule has 0 radical (unpaired) electrons. The molecule has 0 aliphatic rings. The first-order chi connectivity index (χ1) is 18.2. The van der Waals surface area contributed by atoms with Gasteiger partial charge in [-0.2, -0.15) is 5.10 Å². The van der Waals surface area contributed by atoms with Crippen LogP contribution in [0.1, 0.15) is 39.9 Å². The second kappa shape index (κ2) is 15.7. The second-order valence-electron chi connectivity index (χ2n) is 8.64. The van der Waals surface area contributed by atoms with Gasteiger partial charge in [0.05, 0.1) is 24.5 Å². The van der Waals surface area contributed by atoms with Crippen molar-refractivity contribution in [2.24, 2.45) is 0 Å². The van der Waals surface area contributed by atoms with Crippen LogP contribution in [0.2, 0.25) is 0 Å². The van der Waals surface area contributed by atoms with Crippen molar-refractivity contribution in [1.82, 2.24) is 20.0 Å². The molecule has 3 rings (SSSR count). The lowest BCUT2D eigenvalue weighted by Gasteiger charge is -2.22. The van der Waals surface area contributed by atoms with E-state index in [4.69, 9.17) is 49.1 Å². The van der Waals surface area contributed by atoms with Crippen molar-refractivity contribution in [3.63, 3.8) is 0 Å². The van der Waals surface area contributed by atoms with E-state index in [1.807, 2.05) is 12.1 Å². The van der Waals surface area contributed by atoms with Gasteiger partial charge >= 0.3 is 23.9 Å². The third-order valence-electron chi connectivity index (χ3n) is 5.48. The Morgan fingerprint density at radius 1 is 0.923 bits per heavy atom. The van der Waals surface area contributed by atoms with Gasteiger partial charge in [0, 0.05) is 24.3 Å². The summed E-state index contributed by atoms with van der Waals surface area (Å²) in [6, 6.07) is 12.8. The summed E-state index contributed by atoms with van der Waals surface area (Å²) in [5.74, 6) is -6.31. The average molecular weight is 547 g/mol. The number of hydrogen-bond acceptors (Lipinski definition) is 8. The minimum absolute atomic E-state index is 0.211. The summed E-state index contributed by atoms with van der Waals surface area (Å²) in [4.78, 5) is 38.6. The molecule has 1 aromatic carbocycles. The lowest BCUT2D eigenvalue weighted by Crippen LogP contribution is -2.30. The number of furan rings is 1. The molecule has 1 unspecified atom stereocenters. The standard InChI is InChI=1S/C22H30N4O.2C2H2O4/c1-16-8-10-19(11-9-16)15-26-18(3)20(17(2)24-26)13-23-14-21(25(4)5)22-7-6-12-27-22;2*3-1(4)2(5)6/h6-12,21,23H,13-15H2,1-5H3;2*(H,3,4)(H,5,6). The molecule has 212 valence electrons. The van der Waals surface area contributed by atoms with Crippen LogP contribution in [0.25, 0.3) is 0 Å². The zero-order valence-electron chi connectivity index (χ0n) is 22.4. The topological polar surface area (TPSA) is 195 Å². The first kappa shape index (κ1) is 32.5. The van der Waals surface area contributed by atoms with Crippen molar-refractivity contribution in [3.05, 3.63) is 76.5 Å². The summed E-state index contributed by atoms with van der Waals surface area (Å²) in [5, 5.41) is 37.9. The minimum atomic E-state index is -1.82. The largest absolute Gasteiger partial charge is 0.473 e. The maximum absolute atomic E-state index is 9.10. The molecule has 3 aromatic rings. The highest BCUT2D eigenvalue weighted by Gasteiger charge is 2.18. The zero-order valence-corrected chi connectivity index (χ0v) is 22.4. The van der Waals surface area contributed by atoms with Gasteiger partial charge in [0.15, 0.2) is 0 Å². The van der Waals surface area contributed by atoms with Crippen LogP contribution in [0.5, 0.6) is 0 Å². The third-order valence-corrected chi connectivity index (χ3v) is 5.48. The van der Waals surface area contributed by atoms with E-state index in [0.29, 0.717) is 0 Å². The van der Waals surface area contributed by atoms with Gasteiger partial charge in [-0.3, -0.25) is 9.58 Å². The van der Waals surface area contributed by atoms with Crippen LogP contribution >= 0.6 is 0 Å². The molecule has 0 fully saturated rings. The number of carboxylic acid groups (broad SMARTS) is 4. The number of aliphatic carboxylic acids is 4. The summed E-state index contributed by atoms with van der Waals surface area (Å²) in [6.07, 6.45) is 1.73. The Bertz CT molecular complexity index is 1190. The quantitative estimate of drug-likeness (QED) is 0.259. The number of nitrogens with zero attached hydrogens (tertiary/aromatic N) is 3. The number of benzene rings is 1. The van der Waals surface area contributed by atoms with Crippen molar-refractivity contribution in [3.8, 4) is 0 Å². The number of carboxylic acids is 4. The van der Waals surface area contributed by atoms with Gasteiger partial charge in [-0.25, -0.2) is 19.2 Å². The zero-order chi connectivity index (χ0) is 29.7. The number of aromatic nitrogens is 2. The van der Waals surface area contributed by atoms with Crippen molar-refractivity contribution in [1.29, 1.82) is 0 Å². The van der Waals surface area contributed by atoms with Crippen LogP contribution in [0.4, 0.5) is 0 Å². The molecule has 0 amide bonds. The number of nitrogens with one attached hydrogen (secondary N) is 1. The molecule has 0 aliphatic carbocycles. The molecule has 0 spiro atoms. The smallest absolute Gasteiger partial charge is 0.414 e. The van der Waals surface area contributed by atoms with Gasteiger partial charge in [0.1, 0.15) is 5.76 Å². The molecule has 13 heteroatoms.